The van der Waals surface area contributed by atoms with E-state index in [4.69, 9.17) is 14.2 Å². The first kappa shape index (κ1) is 17.6. The zero-order valence-electron chi connectivity index (χ0n) is 14.9. The molecule has 1 fully saturated rings. The molecule has 0 N–H and O–H groups in total. The van der Waals surface area contributed by atoms with Crippen LogP contribution < -0.4 is 9.47 Å². The van der Waals surface area contributed by atoms with Gasteiger partial charge in [0.05, 0.1) is 0 Å². The molecule has 0 aromatic heterocycles. The van der Waals surface area contributed by atoms with Crippen molar-refractivity contribution in [2.45, 2.75) is 64.3 Å². The van der Waals surface area contributed by atoms with Crippen LogP contribution in [0.25, 0.3) is 0 Å². The van der Waals surface area contributed by atoms with Crippen molar-refractivity contribution in [1.29, 1.82) is 0 Å². The Hall–Kier alpha value is -2.24. The summed E-state index contributed by atoms with van der Waals surface area (Å²) in [6, 6.07) is 7.49. The van der Waals surface area contributed by atoms with Crippen molar-refractivity contribution >= 4 is 11.9 Å². The quantitative estimate of drug-likeness (QED) is 0.786. The van der Waals surface area contributed by atoms with Crippen molar-refractivity contribution in [1.82, 2.24) is 4.90 Å². The molecular formula is C19H25NO5. The number of amides is 1. The minimum atomic E-state index is -0.860. The van der Waals surface area contributed by atoms with Gasteiger partial charge in [0.15, 0.2) is 17.6 Å². The summed E-state index contributed by atoms with van der Waals surface area (Å²) in [5, 5.41) is 0. The summed E-state index contributed by atoms with van der Waals surface area (Å²) < 4.78 is 16.5. The number of hydrogen-bond acceptors (Lipinski definition) is 5. The summed E-state index contributed by atoms with van der Waals surface area (Å²) in [4.78, 5) is 26.9. The lowest BCUT2D eigenvalue weighted by Crippen LogP contribution is -2.52. The van der Waals surface area contributed by atoms with Gasteiger partial charge in [-0.15, -0.1) is 0 Å². The van der Waals surface area contributed by atoms with Crippen molar-refractivity contribution in [2.75, 3.05) is 6.61 Å². The molecule has 0 bridgehead atoms. The van der Waals surface area contributed by atoms with Crippen LogP contribution in [0.4, 0.5) is 0 Å². The van der Waals surface area contributed by atoms with Gasteiger partial charge in [-0.05, 0) is 52.2 Å². The van der Waals surface area contributed by atoms with Crippen LogP contribution in [-0.2, 0) is 14.3 Å². The molecule has 6 nitrogen and oxygen atoms in total. The predicted molar refractivity (Wildman–Crippen MR) is 91.5 cm³/mol. The van der Waals surface area contributed by atoms with Gasteiger partial charge in [0.2, 0.25) is 6.10 Å². The van der Waals surface area contributed by atoms with Gasteiger partial charge in [-0.25, -0.2) is 4.79 Å². The number of esters is 1. The molecule has 0 aliphatic carbocycles. The Bertz CT molecular complexity index is 636. The smallest absolute Gasteiger partial charge is 0.351 e. The molecule has 2 aliphatic rings. The Kier molecular flexibility index (Phi) is 5.16. The van der Waals surface area contributed by atoms with Crippen molar-refractivity contribution < 1.29 is 23.8 Å². The average Bonchev–Trinajstić information content (AvgIpc) is 2.60. The third-order valence-electron chi connectivity index (χ3n) is 4.86. The van der Waals surface area contributed by atoms with E-state index in [1.165, 1.54) is 0 Å². The second kappa shape index (κ2) is 7.33. The standard InChI is InChI=1S/C19H25NO5/c1-12-7-6-8-13(2)20(12)18(21)14(3)24-19(22)17-11-23-15-9-4-5-10-16(15)25-17/h4-5,9-10,12-14,17H,6-8,11H2,1-3H3/t12-,13-,14-,17+/m1/s1. The van der Waals surface area contributed by atoms with E-state index in [1.807, 2.05) is 24.8 Å². The molecule has 2 aliphatic heterocycles. The molecule has 6 heteroatoms. The summed E-state index contributed by atoms with van der Waals surface area (Å²) in [6.07, 6.45) is 1.38. The van der Waals surface area contributed by atoms with Crippen LogP contribution in [0.1, 0.15) is 40.0 Å². The van der Waals surface area contributed by atoms with E-state index in [9.17, 15) is 9.59 Å². The second-order valence-electron chi connectivity index (χ2n) is 6.82. The predicted octanol–water partition coefficient (Wildman–Crippen LogP) is 2.55. The molecular weight excluding hydrogens is 322 g/mol. The first-order chi connectivity index (χ1) is 12.0. The largest absolute Gasteiger partial charge is 0.485 e. The van der Waals surface area contributed by atoms with Crippen LogP contribution in [-0.4, -0.2) is 47.7 Å². The zero-order valence-corrected chi connectivity index (χ0v) is 14.9. The Morgan fingerprint density at radius 1 is 1.16 bits per heavy atom. The molecule has 0 unspecified atom stereocenters. The van der Waals surface area contributed by atoms with E-state index in [2.05, 4.69) is 0 Å². The lowest BCUT2D eigenvalue weighted by Gasteiger charge is -2.40. The van der Waals surface area contributed by atoms with Gasteiger partial charge in [-0.2, -0.15) is 0 Å². The van der Waals surface area contributed by atoms with E-state index in [0.717, 1.165) is 19.3 Å². The van der Waals surface area contributed by atoms with Crippen LogP contribution in [0, 0.1) is 0 Å². The van der Waals surface area contributed by atoms with Crippen LogP contribution in [0.5, 0.6) is 11.5 Å². The first-order valence-corrected chi connectivity index (χ1v) is 8.88. The average molecular weight is 347 g/mol. The molecule has 0 radical (unpaired) electrons. The minimum absolute atomic E-state index is 0.0767. The highest BCUT2D eigenvalue weighted by atomic mass is 16.6. The fraction of sp³-hybridized carbons (Fsp3) is 0.579. The maximum Gasteiger partial charge on any atom is 0.351 e. The van der Waals surface area contributed by atoms with Crippen LogP contribution in [0.3, 0.4) is 0 Å². The summed E-state index contributed by atoms with van der Waals surface area (Å²) in [6.45, 7) is 5.77. The molecule has 25 heavy (non-hydrogen) atoms. The molecule has 1 aromatic carbocycles. The van der Waals surface area contributed by atoms with E-state index < -0.39 is 18.2 Å². The highest BCUT2D eigenvalue weighted by Crippen LogP contribution is 2.31. The number of ether oxygens (including phenoxy) is 3. The Morgan fingerprint density at radius 3 is 2.48 bits per heavy atom. The number of benzene rings is 1. The number of nitrogens with zero attached hydrogens (tertiary/aromatic N) is 1. The van der Waals surface area contributed by atoms with Crippen molar-refractivity contribution in [3.05, 3.63) is 24.3 Å². The summed E-state index contributed by atoms with van der Waals surface area (Å²) >= 11 is 0. The molecule has 1 saturated heterocycles. The fourth-order valence-corrected chi connectivity index (χ4v) is 3.50. The van der Waals surface area contributed by atoms with Crippen LogP contribution in [0.2, 0.25) is 0 Å². The number of hydrogen-bond donors (Lipinski definition) is 0. The van der Waals surface area contributed by atoms with E-state index >= 15 is 0 Å². The number of piperidine rings is 1. The molecule has 3 rings (SSSR count). The van der Waals surface area contributed by atoms with E-state index in [-0.39, 0.29) is 24.6 Å². The maximum absolute atomic E-state index is 12.7. The third kappa shape index (κ3) is 3.72. The monoisotopic (exact) mass is 347 g/mol. The van der Waals surface area contributed by atoms with Crippen molar-refractivity contribution in [3.63, 3.8) is 0 Å². The van der Waals surface area contributed by atoms with E-state index in [0.29, 0.717) is 11.5 Å². The minimum Gasteiger partial charge on any atom is -0.485 e. The Morgan fingerprint density at radius 2 is 1.80 bits per heavy atom. The summed E-state index contributed by atoms with van der Waals surface area (Å²) in [5.74, 6) is 0.387. The normalized spacial score (nSPS) is 26.7. The lowest BCUT2D eigenvalue weighted by atomic mass is 9.97. The highest BCUT2D eigenvalue weighted by Gasteiger charge is 2.36. The second-order valence-corrected chi connectivity index (χ2v) is 6.82. The Balaban J connectivity index is 1.60. The molecule has 1 amide bonds. The van der Waals surface area contributed by atoms with Gasteiger partial charge in [0, 0.05) is 12.1 Å². The maximum atomic E-state index is 12.7. The van der Waals surface area contributed by atoms with Crippen molar-refractivity contribution in [3.8, 4) is 11.5 Å². The van der Waals surface area contributed by atoms with Crippen LogP contribution >= 0.6 is 0 Å². The summed E-state index contributed by atoms with van der Waals surface area (Å²) in [5.41, 5.74) is 0. The van der Waals surface area contributed by atoms with Gasteiger partial charge in [-0.1, -0.05) is 12.1 Å². The molecule has 4 atom stereocenters. The number of para-hydroxylation sites is 2. The molecule has 0 saturated carbocycles. The SMILES string of the molecule is C[C@@H]1CCC[C@@H](C)N1C(=O)[C@@H](C)OC(=O)[C@@H]1COc2ccccc2O1. The molecule has 2 heterocycles. The summed E-state index contributed by atoms with van der Waals surface area (Å²) in [7, 11) is 0. The van der Waals surface area contributed by atoms with Gasteiger partial charge >= 0.3 is 5.97 Å². The molecule has 1 aromatic rings. The first-order valence-electron chi connectivity index (χ1n) is 8.88. The number of carbonyl (C=O) groups is 2. The van der Waals surface area contributed by atoms with Crippen LogP contribution in [0.15, 0.2) is 24.3 Å². The van der Waals surface area contributed by atoms with Gasteiger partial charge in [0.1, 0.15) is 6.61 Å². The van der Waals surface area contributed by atoms with Crippen molar-refractivity contribution in [2.24, 2.45) is 0 Å². The lowest BCUT2D eigenvalue weighted by molar-refractivity contribution is -0.169. The highest BCUT2D eigenvalue weighted by molar-refractivity contribution is 5.85. The zero-order chi connectivity index (χ0) is 18.0. The third-order valence-corrected chi connectivity index (χ3v) is 4.86. The topological polar surface area (TPSA) is 65.1 Å². The number of carbonyl (C=O) groups excluding carboxylic acids is 2. The fourth-order valence-electron chi connectivity index (χ4n) is 3.50. The number of rotatable bonds is 3. The van der Waals surface area contributed by atoms with E-state index in [1.54, 1.807) is 25.1 Å². The Labute approximate surface area is 148 Å². The van der Waals surface area contributed by atoms with Gasteiger partial charge < -0.3 is 19.1 Å². The van der Waals surface area contributed by atoms with Gasteiger partial charge in [0.25, 0.3) is 5.91 Å². The number of likely N-dealkylation sites (tertiary alicyclic amines) is 1. The number of fused-ring (bicyclic) bond motifs is 1. The van der Waals surface area contributed by atoms with Gasteiger partial charge in [-0.3, -0.25) is 4.79 Å². The molecule has 0 spiro atoms. The molecule has 136 valence electrons.